The summed E-state index contributed by atoms with van der Waals surface area (Å²) in [5, 5.41) is 0. The molecule has 1 aromatic rings. The molecule has 1 aliphatic rings. The van der Waals surface area contributed by atoms with Crippen LogP contribution in [0.25, 0.3) is 0 Å². The smallest absolute Gasteiger partial charge is 0.445 e. The van der Waals surface area contributed by atoms with Crippen LogP contribution in [0.15, 0.2) is 18.2 Å². The van der Waals surface area contributed by atoms with Gasteiger partial charge in [0, 0.05) is 0 Å². The first-order chi connectivity index (χ1) is 6.78. The van der Waals surface area contributed by atoms with Crippen molar-refractivity contribution in [3.8, 4) is 11.5 Å². The summed E-state index contributed by atoms with van der Waals surface area (Å²) in [5.74, 6) is -1.000. The number of alkyl halides is 2. The van der Waals surface area contributed by atoms with Gasteiger partial charge in [0.15, 0.2) is 11.5 Å². The molecular formula is C7H3BF5KO2. The Labute approximate surface area is 130 Å². The van der Waals surface area contributed by atoms with Gasteiger partial charge in [0.1, 0.15) is 0 Å². The maximum atomic E-state index is 12.4. The van der Waals surface area contributed by atoms with Crippen LogP contribution in [-0.4, -0.2) is 13.3 Å². The number of fused-ring (bicyclic) bond motifs is 1. The summed E-state index contributed by atoms with van der Waals surface area (Å²) >= 11 is 0. The van der Waals surface area contributed by atoms with Crippen molar-refractivity contribution in [2.75, 3.05) is 0 Å². The summed E-state index contributed by atoms with van der Waals surface area (Å²) in [4.78, 5) is 0. The molecule has 0 fully saturated rings. The van der Waals surface area contributed by atoms with E-state index in [9.17, 15) is 21.7 Å². The van der Waals surface area contributed by atoms with E-state index in [-0.39, 0.29) is 51.4 Å². The van der Waals surface area contributed by atoms with Gasteiger partial charge in [0.25, 0.3) is 0 Å². The fraction of sp³-hybridized carbons (Fsp3) is 0.143. The summed E-state index contributed by atoms with van der Waals surface area (Å²) in [5.41, 5.74) is -1.00. The third kappa shape index (κ3) is 2.89. The van der Waals surface area contributed by atoms with E-state index in [0.717, 1.165) is 6.07 Å². The second-order valence-electron chi connectivity index (χ2n) is 2.95. The first-order valence-corrected chi connectivity index (χ1v) is 3.88. The largest absolute Gasteiger partial charge is 1.00 e. The van der Waals surface area contributed by atoms with Gasteiger partial charge in [0.2, 0.25) is 0 Å². The van der Waals surface area contributed by atoms with Crippen molar-refractivity contribution >= 4 is 12.4 Å². The van der Waals surface area contributed by atoms with Crippen molar-refractivity contribution in [1.29, 1.82) is 0 Å². The second-order valence-corrected chi connectivity index (χ2v) is 2.95. The second kappa shape index (κ2) is 4.45. The van der Waals surface area contributed by atoms with E-state index in [4.69, 9.17) is 0 Å². The Bertz CT molecular complexity index is 408. The molecule has 2 nitrogen and oxygen atoms in total. The van der Waals surface area contributed by atoms with Crippen LogP contribution in [0.3, 0.4) is 0 Å². The molecule has 0 atom stereocenters. The van der Waals surface area contributed by atoms with Crippen LogP contribution in [0.4, 0.5) is 21.7 Å². The van der Waals surface area contributed by atoms with E-state index < -0.39 is 30.2 Å². The van der Waals surface area contributed by atoms with Gasteiger partial charge in [-0.25, -0.2) is 0 Å². The average molecular weight is 264 g/mol. The average Bonchev–Trinajstić information content (AvgIpc) is 2.34. The van der Waals surface area contributed by atoms with E-state index in [1.165, 1.54) is 0 Å². The molecule has 0 unspecified atom stereocenters. The molecule has 0 aliphatic carbocycles. The normalized spacial score (nSPS) is 16.8. The number of rotatable bonds is 1. The molecule has 82 valence electrons. The molecule has 1 heterocycles. The number of hydrogen-bond acceptors (Lipinski definition) is 2. The fourth-order valence-corrected chi connectivity index (χ4v) is 1.17. The van der Waals surface area contributed by atoms with Crippen molar-refractivity contribution in [3.05, 3.63) is 18.2 Å². The van der Waals surface area contributed by atoms with Crippen LogP contribution >= 0.6 is 0 Å². The Morgan fingerprint density at radius 1 is 1.00 bits per heavy atom. The minimum Gasteiger partial charge on any atom is -0.445 e. The third-order valence-electron chi connectivity index (χ3n) is 1.80. The molecule has 1 aromatic carbocycles. The van der Waals surface area contributed by atoms with Crippen molar-refractivity contribution in [1.82, 2.24) is 0 Å². The summed E-state index contributed by atoms with van der Waals surface area (Å²) in [6, 6.07) is 1.97. The van der Waals surface area contributed by atoms with Crippen LogP contribution < -0.4 is 66.3 Å². The molecule has 0 bridgehead atoms. The molecule has 16 heavy (non-hydrogen) atoms. The minimum atomic E-state index is -5.23. The first kappa shape index (κ1) is 14.2. The van der Waals surface area contributed by atoms with Gasteiger partial charge in [-0.05, 0) is 12.1 Å². The Balaban J connectivity index is 0.00000128. The zero-order valence-electron chi connectivity index (χ0n) is 8.02. The van der Waals surface area contributed by atoms with Gasteiger partial charge >= 0.3 is 64.7 Å². The first-order valence-electron chi connectivity index (χ1n) is 3.88. The maximum absolute atomic E-state index is 12.4. The molecular weight excluding hydrogens is 261 g/mol. The van der Waals surface area contributed by atoms with Crippen LogP contribution in [0.2, 0.25) is 0 Å². The Morgan fingerprint density at radius 2 is 1.56 bits per heavy atom. The molecule has 9 heteroatoms. The van der Waals surface area contributed by atoms with Gasteiger partial charge < -0.3 is 22.4 Å². The molecule has 0 saturated carbocycles. The minimum absolute atomic E-state index is 0. The molecule has 2 rings (SSSR count). The van der Waals surface area contributed by atoms with Crippen LogP contribution in [0.1, 0.15) is 0 Å². The number of hydrogen-bond donors (Lipinski definition) is 0. The summed E-state index contributed by atoms with van der Waals surface area (Å²) in [6.45, 7) is -5.23. The van der Waals surface area contributed by atoms with E-state index in [0.29, 0.717) is 12.1 Å². The van der Waals surface area contributed by atoms with Crippen molar-refractivity contribution < 1.29 is 82.6 Å². The Kier molecular flexibility index (Phi) is 3.96. The fourth-order valence-electron chi connectivity index (χ4n) is 1.17. The molecule has 0 saturated heterocycles. The standard InChI is InChI=1S/C7H3BF5O2.K/c9-7(10)14-5-2-1-4(8(11,12)13)3-6(5)15-7;/h1-3H;/q-1;+1. The van der Waals surface area contributed by atoms with E-state index in [1.54, 1.807) is 0 Å². The van der Waals surface area contributed by atoms with Crippen LogP contribution in [0.5, 0.6) is 11.5 Å². The zero-order valence-corrected chi connectivity index (χ0v) is 11.1. The van der Waals surface area contributed by atoms with Gasteiger partial charge in [-0.3, -0.25) is 0 Å². The van der Waals surface area contributed by atoms with E-state index in [1.807, 2.05) is 0 Å². The van der Waals surface area contributed by atoms with Crippen molar-refractivity contribution in [2.24, 2.45) is 0 Å². The van der Waals surface area contributed by atoms with Crippen LogP contribution in [0, 0.1) is 0 Å². The quantitative estimate of drug-likeness (QED) is 0.482. The van der Waals surface area contributed by atoms with Gasteiger partial charge in [0.05, 0.1) is 0 Å². The summed E-state index contributed by atoms with van der Waals surface area (Å²) in [7, 11) is 0. The zero-order chi connectivity index (χ0) is 11.3. The Morgan fingerprint density at radius 3 is 2.12 bits per heavy atom. The number of benzene rings is 1. The molecule has 0 aromatic heterocycles. The molecule has 1 aliphatic heterocycles. The molecule has 0 spiro atoms. The number of halogens is 5. The summed E-state index contributed by atoms with van der Waals surface area (Å²) in [6.07, 6.45) is -3.89. The predicted octanol–water partition coefficient (Wildman–Crippen LogP) is -0.933. The van der Waals surface area contributed by atoms with E-state index in [2.05, 4.69) is 9.47 Å². The van der Waals surface area contributed by atoms with Crippen LogP contribution in [-0.2, 0) is 0 Å². The topological polar surface area (TPSA) is 18.5 Å². The van der Waals surface area contributed by atoms with Crippen molar-refractivity contribution in [3.63, 3.8) is 0 Å². The summed E-state index contributed by atoms with van der Waals surface area (Å²) < 4.78 is 69.4. The molecule has 0 N–H and O–H groups in total. The van der Waals surface area contributed by atoms with Gasteiger partial charge in [-0.15, -0.1) is 14.2 Å². The number of ether oxygens (including phenoxy) is 2. The molecule has 0 radical (unpaired) electrons. The molecule has 0 amide bonds. The van der Waals surface area contributed by atoms with Gasteiger partial charge in [-0.2, -0.15) is 0 Å². The maximum Gasteiger partial charge on any atom is 1.00 e. The monoisotopic (exact) mass is 264 g/mol. The SMILES string of the molecule is F[B-](F)(F)c1ccc2c(c1)OC(F)(F)O2.[K+]. The van der Waals surface area contributed by atoms with E-state index >= 15 is 0 Å². The third-order valence-corrected chi connectivity index (χ3v) is 1.80. The Hall–Kier alpha value is 0.171. The van der Waals surface area contributed by atoms with Crippen molar-refractivity contribution in [2.45, 2.75) is 6.29 Å². The predicted molar refractivity (Wildman–Crippen MR) is 41.4 cm³/mol. The van der Waals surface area contributed by atoms with Gasteiger partial charge in [-0.1, -0.05) is 6.07 Å².